The van der Waals surface area contributed by atoms with Gasteiger partial charge in [0.1, 0.15) is 0 Å². The van der Waals surface area contributed by atoms with Crippen LogP contribution >= 0.6 is 0 Å². The summed E-state index contributed by atoms with van der Waals surface area (Å²) in [6, 6.07) is 14.1. The van der Waals surface area contributed by atoms with Gasteiger partial charge in [0.2, 0.25) is 0 Å². The second-order valence-electron chi connectivity index (χ2n) is 8.80. The fourth-order valence-corrected chi connectivity index (χ4v) is 4.46. The van der Waals surface area contributed by atoms with Gasteiger partial charge in [-0.3, -0.25) is 4.68 Å². The molecule has 1 unspecified atom stereocenters. The zero-order chi connectivity index (χ0) is 20.1. The van der Waals surface area contributed by atoms with E-state index in [0.29, 0.717) is 18.0 Å². The van der Waals surface area contributed by atoms with Crippen molar-refractivity contribution in [1.29, 1.82) is 0 Å². The van der Waals surface area contributed by atoms with Crippen molar-refractivity contribution in [2.45, 2.75) is 64.5 Å². The lowest BCUT2D eigenvalue weighted by Crippen LogP contribution is -2.14. The fraction of sp³-hybridized carbons (Fsp3) is 0.400. The number of aromatic nitrogens is 2. The molecule has 5 rings (SSSR count). The van der Waals surface area contributed by atoms with Gasteiger partial charge in [0.25, 0.3) is 0 Å². The molecule has 0 saturated heterocycles. The molecule has 1 fully saturated rings. The van der Waals surface area contributed by atoms with Crippen LogP contribution in [0.1, 0.15) is 64.1 Å². The van der Waals surface area contributed by atoms with Gasteiger partial charge >= 0.3 is 0 Å². The molecule has 2 heterocycles. The van der Waals surface area contributed by atoms with Gasteiger partial charge in [-0.25, -0.2) is 0 Å². The average molecular weight is 387 g/mol. The van der Waals surface area contributed by atoms with Crippen LogP contribution in [0.5, 0.6) is 0 Å². The maximum atomic E-state index is 5.06. The summed E-state index contributed by atoms with van der Waals surface area (Å²) in [5.41, 5.74) is 8.36. The second kappa shape index (κ2) is 6.94. The molecular weight excluding hydrogens is 356 g/mol. The Labute approximate surface area is 173 Å². The number of benzene rings is 2. The number of hydrogen-bond acceptors (Lipinski definition) is 3. The van der Waals surface area contributed by atoms with E-state index in [9.17, 15) is 0 Å². The van der Waals surface area contributed by atoms with E-state index in [2.05, 4.69) is 79.1 Å². The van der Waals surface area contributed by atoms with E-state index in [-0.39, 0.29) is 0 Å². The van der Waals surface area contributed by atoms with Crippen molar-refractivity contribution in [2.75, 3.05) is 10.6 Å². The highest BCUT2D eigenvalue weighted by molar-refractivity contribution is 5.94. The molecule has 1 aliphatic carbocycles. The molecule has 29 heavy (non-hydrogen) atoms. The molecule has 0 spiro atoms. The minimum Gasteiger partial charge on any atom is -0.380 e. The molecule has 2 aliphatic rings. The van der Waals surface area contributed by atoms with Crippen molar-refractivity contribution in [2.24, 2.45) is 0 Å². The SMILES string of the molecule is C=C1C[C@@H](C)Nc2c(cccc2-c2ccc3c(c2)c(C2CC2)nn3C(C)CC)N1. The van der Waals surface area contributed by atoms with Crippen molar-refractivity contribution < 1.29 is 0 Å². The van der Waals surface area contributed by atoms with E-state index in [1.54, 1.807) is 0 Å². The van der Waals surface area contributed by atoms with Crippen molar-refractivity contribution in [3.05, 3.63) is 54.4 Å². The number of para-hydroxylation sites is 1. The number of nitrogens with one attached hydrogen (secondary N) is 2. The molecule has 2 aromatic carbocycles. The van der Waals surface area contributed by atoms with E-state index in [1.165, 1.54) is 46.3 Å². The maximum Gasteiger partial charge on any atom is 0.0734 e. The molecule has 1 aromatic heterocycles. The van der Waals surface area contributed by atoms with Crippen molar-refractivity contribution in [3.63, 3.8) is 0 Å². The Kier molecular flexibility index (Phi) is 4.38. The molecule has 0 bridgehead atoms. The van der Waals surface area contributed by atoms with Crippen LogP contribution in [0.15, 0.2) is 48.7 Å². The first-order valence-corrected chi connectivity index (χ1v) is 10.9. The van der Waals surface area contributed by atoms with Gasteiger partial charge in [-0.15, -0.1) is 0 Å². The average Bonchev–Trinajstić information content (AvgIpc) is 3.50. The van der Waals surface area contributed by atoms with E-state index in [1.807, 2.05) is 0 Å². The Morgan fingerprint density at radius 1 is 1.24 bits per heavy atom. The molecule has 2 atom stereocenters. The van der Waals surface area contributed by atoms with E-state index >= 15 is 0 Å². The van der Waals surface area contributed by atoms with Gasteiger partial charge in [-0.1, -0.05) is 31.7 Å². The van der Waals surface area contributed by atoms with Crippen LogP contribution in [0.4, 0.5) is 11.4 Å². The molecule has 3 aromatic rings. The molecule has 1 saturated carbocycles. The lowest BCUT2D eigenvalue weighted by molar-refractivity contribution is 0.488. The molecule has 1 aliphatic heterocycles. The predicted molar refractivity (Wildman–Crippen MR) is 123 cm³/mol. The number of nitrogens with zero attached hydrogens (tertiary/aromatic N) is 2. The van der Waals surface area contributed by atoms with Crippen LogP contribution < -0.4 is 10.6 Å². The first kappa shape index (κ1) is 18.3. The molecule has 4 nitrogen and oxygen atoms in total. The third kappa shape index (κ3) is 3.21. The smallest absolute Gasteiger partial charge is 0.0734 e. The summed E-state index contributed by atoms with van der Waals surface area (Å²) >= 11 is 0. The zero-order valence-electron chi connectivity index (χ0n) is 17.6. The highest BCUT2D eigenvalue weighted by Crippen LogP contribution is 2.45. The maximum absolute atomic E-state index is 5.06. The van der Waals surface area contributed by atoms with Gasteiger partial charge in [-0.05, 0) is 56.9 Å². The Bertz CT molecular complexity index is 1090. The van der Waals surface area contributed by atoms with Crippen LogP contribution in [-0.4, -0.2) is 15.8 Å². The van der Waals surface area contributed by atoms with Gasteiger partial charge in [0.15, 0.2) is 0 Å². The number of anilines is 2. The third-order valence-electron chi connectivity index (χ3n) is 6.34. The normalized spacial score (nSPS) is 20.0. The van der Waals surface area contributed by atoms with Crippen LogP contribution in [-0.2, 0) is 0 Å². The number of rotatable bonds is 4. The topological polar surface area (TPSA) is 41.9 Å². The van der Waals surface area contributed by atoms with Gasteiger partial charge in [0.05, 0.1) is 22.6 Å². The van der Waals surface area contributed by atoms with Crippen molar-refractivity contribution in [3.8, 4) is 11.1 Å². The van der Waals surface area contributed by atoms with Crippen molar-refractivity contribution >= 4 is 22.3 Å². The van der Waals surface area contributed by atoms with Gasteiger partial charge in [0, 0.05) is 41.1 Å². The Hall–Kier alpha value is -2.75. The minimum absolute atomic E-state index is 0.344. The number of hydrogen-bond donors (Lipinski definition) is 2. The first-order valence-electron chi connectivity index (χ1n) is 10.9. The summed E-state index contributed by atoms with van der Waals surface area (Å²) in [5.74, 6) is 0.633. The van der Waals surface area contributed by atoms with E-state index in [0.717, 1.165) is 24.2 Å². The molecule has 2 N–H and O–H groups in total. The summed E-state index contributed by atoms with van der Waals surface area (Å²) in [7, 11) is 0. The number of fused-ring (bicyclic) bond motifs is 2. The molecule has 0 amide bonds. The Balaban J connectivity index is 1.66. The van der Waals surface area contributed by atoms with Crippen molar-refractivity contribution in [1.82, 2.24) is 9.78 Å². The van der Waals surface area contributed by atoms with Gasteiger partial charge in [-0.2, -0.15) is 5.10 Å². The quantitative estimate of drug-likeness (QED) is 0.525. The zero-order valence-corrected chi connectivity index (χ0v) is 17.6. The van der Waals surface area contributed by atoms with Crippen LogP contribution in [0.2, 0.25) is 0 Å². The van der Waals surface area contributed by atoms with Crippen LogP contribution in [0, 0.1) is 0 Å². The molecular formula is C25H30N4. The van der Waals surface area contributed by atoms with Gasteiger partial charge < -0.3 is 10.6 Å². The second-order valence-corrected chi connectivity index (χ2v) is 8.80. The highest BCUT2D eigenvalue weighted by atomic mass is 15.3. The minimum atomic E-state index is 0.344. The Morgan fingerprint density at radius 2 is 2.07 bits per heavy atom. The van der Waals surface area contributed by atoms with Crippen LogP contribution in [0.25, 0.3) is 22.0 Å². The first-order chi connectivity index (χ1) is 14.0. The lowest BCUT2D eigenvalue weighted by atomic mass is 9.99. The predicted octanol–water partition coefficient (Wildman–Crippen LogP) is 6.68. The molecule has 4 heteroatoms. The standard InChI is InChI=1S/C25H30N4/c1-5-17(4)29-23-12-11-19(14-21(23)24(28-29)18-9-10-18)20-7-6-8-22-25(20)27-16(3)13-15(2)26-22/h6-8,11-12,14,16-18,26-27H,2,5,9-10,13H2,1,3-4H3/t16-,17?/m1/s1. The summed E-state index contributed by atoms with van der Waals surface area (Å²) in [6.45, 7) is 10.9. The fourth-order valence-electron chi connectivity index (χ4n) is 4.46. The van der Waals surface area contributed by atoms with E-state index in [4.69, 9.17) is 5.10 Å². The van der Waals surface area contributed by atoms with Crippen LogP contribution in [0.3, 0.4) is 0 Å². The highest BCUT2D eigenvalue weighted by Gasteiger charge is 2.30. The summed E-state index contributed by atoms with van der Waals surface area (Å²) in [4.78, 5) is 0. The summed E-state index contributed by atoms with van der Waals surface area (Å²) in [5, 5.41) is 13.6. The lowest BCUT2D eigenvalue weighted by Gasteiger charge is -2.17. The third-order valence-corrected chi connectivity index (χ3v) is 6.34. The molecule has 150 valence electrons. The monoisotopic (exact) mass is 386 g/mol. The summed E-state index contributed by atoms with van der Waals surface area (Å²) in [6.07, 6.45) is 4.54. The summed E-state index contributed by atoms with van der Waals surface area (Å²) < 4.78 is 2.24. The largest absolute Gasteiger partial charge is 0.380 e. The Morgan fingerprint density at radius 3 is 2.83 bits per heavy atom. The molecule has 0 radical (unpaired) electrons. The van der Waals surface area contributed by atoms with E-state index < -0.39 is 0 Å².